The Morgan fingerprint density at radius 3 is 2.72 bits per heavy atom. The van der Waals surface area contributed by atoms with E-state index < -0.39 is 0 Å². The van der Waals surface area contributed by atoms with Gasteiger partial charge in [-0.2, -0.15) is 0 Å². The minimum Gasteiger partial charge on any atom is -0.497 e. The maximum absolute atomic E-state index is 12.9. The lowest BCUT2D eigenvalue weighted by atomic mass is 10.1. The zero-order chi connectivity index (χ0) is 21.9. The van der Waals surface area contributed by atoms with Gasteiger partial charge in [0.05, 0.1) is 26.5 Å². The van der Waals surface area contributed by atoms with Crippen LogP contribution in [0.5, 0.6) is 5.75 Å². The summed E-state index contributed by atoms with van der Waals surface area (Å²) < 4.78 is 12.6. The number of imidazole rings is 1. The van der Waals surface area contributed by atoms with Gasteiger partial charge in [-0.25, -0.2) is 4.98 Å². The quantitative estimate of drug-likeness (QED) is 0.522. The number of morpholine rings is 1. The zero-order valence-electron chi connectivity index (χ0n) is 17.7. The van der Waals surface area contributed by atoms with Gasteiger partial charge < -0.3 is 19.7 Å². The highest BCUT2D eigenvalue weighted by molar-refractivity contribution is 5.95. The summed E-state index contributed by atoms with van der Waals surface area (Å²) in [4.78, 5) is 23.7. The van der Waals surface area contributed by atoms with Crippen molar-refractivity contribution in [2.24, 2.45) is 0 Å². The highest BCUT2D eigenvalue weighted by Crippen LogP contribution is 2.32. The molecule has 0 saturated carbocycles. The van der Waals surface area contributed by atoms with E-state index >= 15 is 0 Å². The molecule has 5 rings (SSSR count). The standard InChI is InChI=1S/C24H23N5O3/c1-31-20-7-5-17(6-8-20)22-23(29-10-9-25-16-21(29)27-22)26-19-4-2-3-18(15-19)24(30)28-11-13-32-14-12-28/h2-10,15-16,26H,11-14H2,1H3. The third-order valence-electron chi connectivity index (χ3n) is 5.46. The molecule has 2 aromatic heterocycles. The Morgan fingerprint density at radius 1 is 1.12 bits per heavy atom. The molecule has 8 heteroatoms. The van der Waals surface area contributed by atoms with Gasteiger partial charge in [0.25, 0.3) is 5.91 Å². The van der Waals surface area contributed by atoms with Gasteiger partial charge in [0, 0.05) is 42.3 Å². The lowest BCUT2D eigenvalue weighted by Gasteiger charge is -2.27. The molecule has 8 nitrogen and oxygen atoms in total. The number of carbonyl (C=O) groups excluding carboxylic acids is 1. The number of nitrogens with one attached hydrogen (secondary N) is 1. The molecule has 2 aromatic carbocycles. The first kappa shape index (κ1) is 20.0. The number of aromatic nitrogens is 3. The van der Waals surface area contributed by atoms with Crippen molar-refractivity contribution in [3.05, 3.63) is 72.7 Å². The summed E-state index contributed by atoms with van der Waals surface area (Å²) in [6.45, 7) is 2.37. The lowest BCUT2D eigenvalue weighted by Crippen LogP contribution is -2.40. The summed E-state index contributed by atoms with van der Waals surface area (Å²) in [5.41, 5.74) is 3.89. The molecule has 0 bridgehead atoms. The summed E-state index contributed by atoms with van der Waals surface area (Å²) in [6, 6.07) is 15.3. The smallest absolute Gasteiger partial charge is 0.254 e. The predicted molar refractivity (Wildman–Crippen MR) is 121 cm³/mol. The van der Waals surface area contributed by atoms with Gasteiger partial charge in [-0.05, 0) is 42.5 Å². The Kier molecular flexibility index (Phi) is 5.43. The molecular weight excluding hydrogens is 406 g/mol. The van der Waals surface area contributed by atoms with E-state index in [2.05, 4.69) is 10.3 Å². The third-order valence-corrected chi connectivity index (χ3v) is 5.46. The average Bonchev–Trinajstić information content (AvgIpc) is 3.22. The fourth-order valence-electron chi connectivity index (χ4n) is 3.79. The molecule has 1 aliphatic heterocycles. The van der Waals surface area contributed by atoms with Crippen LogP contribution in [0.1, 0.15) is 10.4 Å². The van der Waals surface area contributed by atoms with Crippen molar-refractivity contribution >= 4 is 23.1 Å². The van der Waals surface area contributed by atoms with Crippen LogP contribution >= 0.6 is 0 Å². The number of hydrogen-bond donors (Lipinski definition) is 1. The van der Waals surface area contributed by atoms with E-state index in [1.165, 1.54) is 0 Å². The number of anilines is 2. The maximum Gasteiger partial charge on any atom is 0.254 e. The predicted octanol–water partition coefficient (Wildman–Crippen LogP) is 3.62. The molecule has 0 aliphatic carbocycles. The Hall–Kier alpha value is -3.91. The Labute approximate surface area is 185 Å². The highest BCUT2D eigenvalue weighted by Gasteiger charge is 2.19. The Morgan fingerprint density at radius 2 is 1.94 bits per heavy atom. The fourth-order valence-corrected chi connectivity index (χ4v) is 3.79. The molecule has 1 N–H and O–H groups in total. The van der Waals surface area contributed by atoms with Gasteiger partial charge in [0.15, 0.2) is 5.65 Å². The number of hydrogen-bond acceptors (Lipinski definition) is 6. The van der Waals surface area contributed by atoms with Crippen LogP contribution in [0.25, 0.3) is 16.9 Å². The van der Waals surface area contributed by atoms with Crippen LogP contribution in [0.15, 0.2) is 67.1 Å². The van der Waals surface area contributed by atoms with Gasteiger partial charge >= 0.3 is 0 Å². The van der Waals surface area contributed by atoms with Gasteiger partial charge in [-0.3, -0.25) is 14.2 Å². The van der Waals surface area contributed by atoms with Crippen LogP contribution in [0.3, 0.4) is 0 Å². The van der Waals surface area contributed by atoms with E-state index in [1.54, 1.807) is 19.5 Å². The van der Waals surface area contributed by atoms with Crippen molar-refractivity contribution in [1.82, 2.24) is 19.3 Å². The average molecular weight is 429 g/mol. The van der Waals surface area contributed by atoms with Crippen LogP contribution < -0.4 is 10.1 Å². The summed E-state index contributed by atoms with van der Waals surface area (Å²) in [7, 11) is 1.64. The first-order valence-corrected chi connectivity index (χ1v) is 10.4. The number of rotatable bonds is 5. The summed E-state index contributed by atoms with van der Waals surface area (Å²) >= 11 is 0. The largest absolute Gasteiger partial charge is 0.497 e. The summed E-state index contributed by atoms with van der Waals surface area (Å²) in [6.07, 6.45) is 5.30. The number of nitrogens with zero attached hydrogens (tertiary/aromatic N) is 4. The van der Waals surface area contributed by atoms with Gasteiger partial charge in [0.2, 0.25) is 0 Å². The molecule has 1 saturated heterocycles. The zero-order valence-corrected chi connectivity index (χ0v) is 17.7. The first-order valence-electron chi connectivity index (χ1n) is 10.4. The van der Waals surface area contributed by atoms with Gasteiger partial charge in [-0.15, -0.1) is 0 Å². The summed E-state index contributed by atoms with van der Waals surface area (Å²) in [5.74, 6) is 1.58. The number of methoxy groups -OCH3 is 1. The topological polar surface area (TPSA) is 81.0 Å². The Balaban J connectivity index is 1.50. The van der Waals surface area contributed by atoms with Gasteiger partial charge in [0.1, 0.15) is 17.3 Å². The van der Waals surface area contributed by atoms with Crippen molar-refractivity contribution in [3.8, 4) is 17.0 Å². The van der Waals surface area contributed by atoms with E-state index in [9.17, 15) is 4.79 Å². The molecule has 1 aliphatic rings. The summed E-state index contributed by atoms with van der Waals surface area (Å²) in [5, 5.41) is 3.47. The van der Waals surface area contributed by atoms with Crippen molar-refractivity contribution in [2.45, 2.75) is 0 Å². The molecule has 32 heavy (non-hydrogen) atoms. The molecule has 4 aromatic rings. The number of amides is 1. The second-order valence-electron chi connectivity index (χ2n) is 7.45. The maximum atomic E-state index is 12.9. The van der Waals surface area contributed by atoms with E-state index in [0.717, 1.165) is 34.2 Å². The second-order valence-corrected chi connectivity index (χ2v) is 7.45. The van der Waals surface area contributed by atoms with Crippen molar-refractivity contribution < 1.29 is 14.3 Å². The van der Waals surface area contributed by atoms with E-state index in [-0.39, 0.29) is 5.91 Å². The highest BCUT2D eigenvalue weighted by atomic mass is 16.5. The molecule has 1 fully saturated rings. The van der Waals surface area contributed by atoms with Crippen molar-refractivity contribution in [3.63, 3.8) is 0 Å². The Bertz CT molecular complexity index is 1250. The van der Waals surface area contributed by atoms with Crippen LogP contribution in [0.4, 0.5) is 11.5 Å². The second kappa shape index (κ2) is 8.68. The first-order chi connectivity index (χ1) is 15.7. The molecule has 3 heterocycles. The number of benzene rings is 2. The fraction of sp³-hybridized carbons (Fsp3) is 0.208. The molecule has 162 valence electrons. The molecule has 1 amide bonds. The van der Waals surface area contributed by atoms with E-state index in [1.807, 2.05) is 64.0 Å². The van der Waals surface area contributed by atoms with Crippen LogP contribution in [0, 0.1) is 0 Å². The van der Waals surface area contributed by atoms with E-state index in [4.69, 9.17) is 14.5 Å². The lowest BCUT2D eigenvalue weighted by molar-refractivity contribution is 0.0303. The number of ether oxygens (including phenoxy) is 2. The van der Waals surface area contributed by atoms with Crippen molar-refractivity contribution in [1.29, 1.82) is 0 Å². The SMILES string of the molecule is COc1ccc(-c2nc3cnccn3c2Nc2cccc(C(=O)N3CCOCC3)c2)cc1. The molecule has 0 unspecified atom stereocenters. The third kappa shape index (κ3) is 3.88. The minimum absolute atomic E-state index is 0.00895. The normalized spacial score (nSPS) is 13.8. The molecule has 0 radical (unpaired) electrons. The monoisotopic (exact) mass is 429 g/mol. The van der Waals surface area contributed by atoms with Crippen LogP contribution in [0.2, 0.25) is 0 Å². The molecule has 0 spiro atoms. The van der Waals surface area contributed by atoms with Gasteiger partial charge in [-0.1, -0.05) is 6.07 Å². The van der Waals surface area contributed by atoms with Crippen molar-refractivity contribution in [2.75, 3.05) is 38.7 Å². The number of fused-ring (bicyclic) bond motifs is 1. The minimum atomic E-state index is 0.00895. The number of carbonyl (C=O) groups is 1. The van der Waals surface area contributed by atoms with E-state index in [0.29, 0.717) is 31.9 Å². The van der Waals surface area contributed by atoms with Crippen LogP contribution in [-0.4, -0.2) is 58.6 Å². The molecular formula is C24H23N5O3. The molecule has 0 atom stereocenters. The van der Waals surface area contributed by atoms with Crippen LogP contribution in [-0.2, 0) is 4.74 Å².